The van der Waals surface area contributed by atoms with Gasteiger partial charge in [0.05, 0.1) is 18.6 Å². The first-order valence-corrected chi connectivity index (χ1v) is 14.7. The Kier molecular flexibility index (Phi) is 8.71. The maximum atomic E-state index is 13.1. The van der Waals surface area contributed by atoms with Crippen LogP contribution < -0.4 is 15.5 Å². The molecule has 0 bridgehead atoms. The van der Waals surface area contributed by atoms with Crippen LogP contribution in [-0.4, -0.2) is 82.1 Å². The minimum absolute atomic E-state index is 0.0567. The first-order chi connectivity index (χ1) is 21.1. The van der Waals surface area contributed by atoms with E-state index in [-0.39, 0.29) is 17.9 Å². The maximum absolute atomic E-state index is 13.1. The van der Waals surface area contributed by atoms with Gasteiger partial charge in [-0.2, -0.15) is 0 Å². The minimum Gasteiger partial charge on any atom is -0.378 e. The van der Waals surface area contributed by atoms with Crippen LogP contribution in [-0.2, 0) is 16.1 Å². The second-order valence-electron chi connectivity index (χ2n) is 10.9. The molecule has 3 N–H and O–H groups in total. The number of carbonyl (C=O) groups is 2. The third-order valence-corrected chi connectivity index (χ3v) is 7.80. The van der Waals surface area contributed by atoms with Crippen molar-refractivity contribution in [2.24, 2.45) is 0 Å². The lowest BCUT2D eigenvalue weighted by Gasteiger charge is -2.33. The average molecular weight is 581 g/mol. The van der Waals surface area contributed by atoms with E-state index >= 15 is 0 Å². The summed E-state index contributed by atoms with van der Waals surface area (Å²) >= 11 is 0. The van der Waals surface area contributed by atoms with Crippen molar-refractivity contribution in [3.05, 3.63) is 78.4 Å². The van der Waals surface area contributed by atoms with Crippen LogP contribution in [0, 0.1) is 0 Å². The topological polar surface area (TPSA) is 128 Å². The van der Waals surface area contributed by atoms with Crippen LogP contribution in [0.3, 0.4) is 0 Å². The smallest absolute Gasteiger partial charge is 0.274 e. The highest BCUT2D eigenvalue weighted by Gasteiger charge is 2.22. The molecule has 1 atom stereocenters. The third-order valence-electron chi connectivity index (χ3n) is 7.80. The molecule has 2 fully saturated rings. The molecule has 11 nitrogen and oxygen atoms in total. The Morgan fingerprint density at radius 1 is 1.07 bits per heavy atom. The summed E-state index contributed by atoms with van der Waals surface area (Å²) < 4.78 is 5.49. The number of hydrogen-bond donors (Lipinski definition) is 3. The van der Waals surface area contributed by atoms with E-state index in [0.717, 1.165) is 72.7 Å². The zero-order chi connectivity index (χ0) is 29.6. The number of H-pyrrole nitrogens is 1. The number of hydrogen-bond acceptors (Lipinski definition) is 8. The molecular weight excluding hydrogens is 544 g/mol. The number of anilines is 2. The molecule has 5 heterocycles. The van der Waals surface area contributed by atoms with E-state index in [4.69, 9.17) is 4.74 Å². The van der Waals surface area contributed by atoms with Gasteiger partial charge in [0.25, 0.3) is 5.91 Å². The monoisotopic (exact) mass is 580 g/mol. The van der Waals surface area contributed by atoms with Crippen molar-refractivity contribution >= 4 is 34.4 Å². The van der Waals surface area contributed by atoms with Crippen LogP contribution in [0.15, 0.2) is 67.1 Å². The van der Waals surface area contributed by atoms with Gasteiger partial charge in [0.1, 0.15) is 23.5 Å². The normalized spacial score (nSPS) is 17.8. The van der Waals surface area contributed by atoms with E-state index in [1.165, 1.54) is 0 Å². The fraction of sp³-hybridized carbons (Fsp3) is 0.344. The lowest BCUT2D eigenvalue weighted by Crippen LogP contribution is -2.47. The van der Waals surface area contributed by atoms with Gasteiger partial charge in [0.15, 0.2) is 0 Å². The van der Waals surface area contributed by atoms with Crippen LogP contribution in [0.25, 0.3) is 22.3 Å². The quantitative estimate of drug-likeness (QED) is 0.269. The molecule has 3 aromatic heterocycles. The number of nitrogens with one attached hydrogen (secondary N) is 3. The number of ether oxygens (including phenoxy) is 1. The molecule has 2 saturated heterocycles. The number of rotatable bonds is 8. The minimum atomic E-state index is -0.263. The van der Waals surface area contributed by atoms with Crippen LogP contribution in [0.5, 0.6) is 0 Å². The zero-order valence-electron chi connectivity index (χ0n) is 24.3. The average Bonchev–Trinajstić information content (AvgIpc) is 3.47. The van der Waals surface area contributed by atoms with Crippen molar-refractivity contribution in [3.8, 4) is 11.3 Å². The number of allylic oxidation sites excluding steroid dienone is 1. The molecule has 6 rings (SSSR count). The van der Waals surface area contributed by atoms with Gasteiger partial charge in [0, 0.05) is 49.8 Å². The Morgan fingerprint density at radius 3 is 2.72 bits per heavy atom. The van der Waals surface area contributed by atoms with Crippen molar-refractivity contribution < 1.29 is 14.3 Å². The number of amides is 2. The van der Waals surface area contributed by atoms with Crippen LogP contribution in [0.1, 0.15) is 35.8 Å². The number of pyridine rings is 1. The largest absolute Gasteiger partial charge is 0.378 e. The summed E-state index contributed by atoms with van der Waals surface area (Å²) in [7, 11) is 0. The molecule has 2 amide bonds. The number of aromatic amines is 1. The Bertz CT molecular complexity index is 1610. The molecule has 0 aliphatic carbocycles. The SMILES string of the molecule is C/C=C/C(=O)N[C@@H]1CCCN(Cc2ccnc(C(=O)Nc3ccc(-c4cc5c(N6CCOCC6)ncnc5[nH]4)cc3)c2)C1. The molecule has 1 aromatic carbocycles. The molecular formula is C32H36N8O3. The summed E-state index contributed by atoms with van der Waals surface area (Å²) in [5.41, 5.74) is 4.75. The molecule has 2 aliphatic rings. The Balaban J connectivity index is 1.09. The van der Waals surface area contributed by atoms with Gasteiger partial charge in [-0.3, -0.25) is 19.5 Å². The highest BCUT2D eigenvalue weighted by molar-refractivity contribution is 6.03. The van der Waals surface area contributed by atoms with Crippen molar-refractivity contribution in [2.45, 2.75) is 32.4 Å². The highest BCUT2D eigenvalue weighted by atomic mass is 16.5. The first-order valence-electron chi connectivity index (χ1n) is 14.7. The highest BCUT2D eigenvalue weighted by Crippen LogP contribution is 2.29. The Morgan fingerprint density at radius 2 is 1.91 bits per heavy atom. The second kappa shape index (κ2) is 13.1. The Hall–Kier alpha value is -4.61. The second-order valence-corrected chi connectivity index (χ2v) is 10.9. The first kappa shape index (κ1) is 28.5. The molecule has 0 saturated carbocycles. The predicted octanol–water partition coefficient (Wildman–Crippen LogP) is 3.77. The predicted molar refractivity (Wildman–Crippen MR) is 166 cm³/mol. The summed E-state index contributed by atoms with van der Waals surface area (Å²) in [6, 6.07) is 13.7. The molecule has 0 spiro atoms. The third kappa shape index (κ3) is 6.90. The summed E-state index contributed by atoms with van der Waals surface area (Å²) in [5, 5.41) is 7.01. The van der Waals surface area contributed by atoms with Crippen molar-refractivity contribution in [1.82, 2.24) is 30.2 Å². The summed E-state index contributed by atoms with van der Waals surface area (Å²) in [6.45, 7) is 7.22. The number of piperidine rings is 1. The van der Waals surface area contributed by atoms with Gasteiger partial charge < -0.3 is 25.3 Å². The zero-order valence-corrected chi connectivity index (χ0v) is 24.3. The number of nitrogens with zero attached hydrogens (tertiary/aromatic N) is 5. The van der Waals surface area contributed by atoms with Gasteiger partial charge in [-0.05, 0) is 73.8 Å². The van der Waals surface area contributed by atoms with Crippen LogP contribution >= 0.6 is 0 Å². The lowest BCUT2D eigenvalue weighted by molar-refractivity contribution is -0.117. The molecule has 11 heteroatoms. The van der Waals surface area contributed by atoms with E-state index in [0.29, 0.717) is 31.1 Å². The van der Waals surface area contributed by atoms with E-state index in [1.807, 2.05) is 43.3 Å². The molecule has 4 aromatic rings. The van der Waals surface area contributed by atoms with Gasteiger partial charge in [-0.25, -0.2) is 9.97 Å². The fourth-order valence-corrected chi connectivity index (χ4v) is 5.71. The summed E-state index contributed by atoms with van der Waals surface area (Å²) in [4.78, 5) is 46.2. The van der Waals surface area contributed by atoms with E-state index in [9.17, 15) is 9.59 Å². The van der Waals surface area contributed by atoms with Crippen LogP contribution in [0.2, 0.25) is 0 Å². The molecule has 0 unspecified atom stereocenters. The number of likely N-dealkylation sites (tertiary alicyclic amines) is 1. The summed E-state index contributed by atoms with van der Waals surface area (Å²) in [5.74, 6) is 0.588. The maximum Gasteiger partial charge on any atom is 0.274 e. The van der Waals surface area contributed by atoms with Crippen molar-refractivity contribution in [2.75, 3.05) is 49.6 Å². The molecule has 43 heavy (non-hydrogen) atoms. The van der Waals surface area contributed by atoms with Gasteiger partial charge in [-0.1, -0.05) is 18.2 Å². The molecule has 0 radical (unpaired) electrons. The van der Waals surface area contributed by atoms with E-state index < -0.39 is 0 Å². The van der Waals surface area contributed by atoms with Gasteiger partial charge >= 0.3 is 0 Å². The number of benzene rings is 1. The van der Waals surface area contributed by atoms with E-state index in [1.54, 1.807) is 24.7 Å². The number of carbonyl (C=O) groups excluding carboxylic acids is 2. The summed E-state index contributed by atoms with van der Waals surface area (Å²) in [6.07, 6.45) is 8.54. The van der Waals surface area contributed by atoms with Crippen molar-refractivity contribution in [3.63, 3.8) is 0 Å². The number of aromatic nitrogens is 4. The van der Waals surface area contributed by atoms with E-state index in [2.05, 4.69) is 46.4 Å². The molecule has 222 valence electrons. The van der Waals surface area contributed by atoms with Crippen LogP contribution in [0.4, 0.5) is 11.5 Å². The molecule has 2 aliphatic heterocycles. The standard InChI is InChI=1S/C32H36N8O3/c1-2-4-29(41)36-25-5-3-12-39(20-25)19-22-10-11-33-28(17-22)32(42)37-24-8-6-23(7-9-24)27-18-26-30(38-27)34-21-35-31(26)40-13-15-43-16-14-40/h2,4,6-11,17-18,21,25H,3,5,12-16,19-20H2,1H3,(H,36,41)(H,37,42)(H,34,35,38)/b4-2+/t25-/m1/s1. The fourth-order valence-electron chi connectivity index (χ4n) is 5.71. The number of morpholine rings is 1. The Labute approximate surface area is 250 Å². The lowest BCUT2D eigenvalue weighted by atomic mass is 10.0. The van der Waals surface area contributed by atoms with Gasteiger partial charge in [-0.15, -0.1) is 0 Å². The van der Waals surface area contributed by atoms with Crippen molar-refractivity contribution in [1.29, 1.82) is 0 Å². The number of fused-ring (bicyclic) bond motifs is 1. The van der Waals surface area contributed by atoms with Gasteiger partial charge in [0.2, 0.25) is 5.91 Å².